The minimum atomic E-state index is -1.24. The summed E-state index contributed by atoms with van der Waals surface area (Å²) in [7, 11) is 0. The molecule has 0 aromatic heterocycles. The molecule has 0 fully saturated rings. The second-order valence-corrected chi connectivity index (χ2v) is 5.14. The van der Waals surface area contributed by atoms with Gasteiger partial charge in [-0.3, -0.25) is 4.79 Å². The molecule has 6 nitrogen and oxygen atoms in total. The Morgan fingerprint density at radius 1 is 1.13 bits per heavy atom. The lowest BCUT2D eigenvalue weighted by Crippen LogP contribution is -2.20. The van der Waals surface area contributed by atoms with E-state index >= 15 is 0 Å². The molecule has 0 atom stereocenters. The Morgan fingerprint density at radius 2 is 1.87 bits per heavy atom. The van der Waals surface area contributed by atoms with Gasteiger partial charge in [-0.25, -0.2) is 4.79 Å². The summed E-state index contributed by atoms with van der Waals surface area (Å²) >= 11 is 0. The molecule has 0 saturated carbocycles. The maximum atomic E-state index is 11.9. The van der Waals surface area contributed by atoms with E-state index < -0.39 is 17.6 Å². The van der Waals surface area contributed by atoms with Gasteiger partial charge in [0.05, 0.1) is 0 Å². The number of aromatic carboxylic acids is 1. The second-order valence-electron chi connectivity index (χ2n) is 5.14. The predicted molar refractivity (Wildman–Crippen MR) is 85.1 cm³/mol. The molecule has 0 unspecified atom stereocenters. The quantitative estimate of drug-likeness (QED) is 0.788. The van der Waals surface area contributed by atoms with Gasteiger partial charge in [-0.1, -0.05) is 17.7 Å². The van der Waals surface area contributed by atoms with Gasteiger partial charge in [0.15, 0.2) is 6.61 Å². The standard InChI is InChI=1S/C17H17NO5/c1-10-3-6-15(11(2)7-10)23-9-16(20)18-12-4-5-13(17(21)22)14(19)8-12/h3-8,19H,9H2,1-2H3,(H,18,20)(H,21,22). The number of aryl methyl sites for hydroxylation is 2. The second kappa shape index (κ2) is 6.83. The van der Waals surface area contributed by atoms with Gasteiger partial charge >= 0.3 is 5.97 Å². The monoisotopic (exact) mass is 315 g/mol. The Hall–Kier alpha value is -3.02. The van der Waals surface area contributed by atoms with E-state index in [-0.39, 0.29) is 12.2 Å². The summed E-state index contributed by atoms with van der Waals surface area (Å²) in [4.78, 5) is 22.7. The van der Waals surface area contributed by atoms with E-state index in [9.17, 15) is 14.7 Å². The number of carbonyl (C=O) groups excluding carboxylic acids is 1. The predicted octanol–water partition coefficient (Wildman–Crippen LogP) is 2.72. The molecule has 3 N–H and O–H groups in total. The third kappa shape index (κ3) is 4.23. The molecule has 2 aromatic carbocycles. The van der Waals surface area contributed by atoms with Crippen LogP contribution in [0.15, 0.2) is 36.4 Å². The van der Waals surface area contributed by atoms with Crippen molar-refractivity contribution in [1.29, 1.82) is 0 Å². The molecule has 0 radical (unpaired) electrons. The first-order valence-corrected chi connectivity index (χ1v) is 6.93. The van der Waals surface area contributed by atoms with Crippen LogP contribution in [0.2, 0.25) is 0 Å². The van der Waals surface area contributed by atoms with Crippen LogP contribution < -0.4 is 10.1 Å². The number of rotatable bonds is 5. The number of nitrogens with one attached hydrogen (secondary N) is 1. The fourth-order valence-corrected chi connectivity index (χ4v) is 2.09. The number of carbonyl (C=O) groups is 2. The Balaban J connectivity index is 1.97. The number of phenols is 1. The van der Waals surface area contributed by atoms with Gasteiger partial charge in [-0.05, 0) is 37.6 Å². The number of hydrogen-bond acceptors (Lipinski definition) is 4. The van der Waals surface area contributed by atoms with Crippen molar-refractivity contribution in [3.8, 4) is 11.5 Å². The summed E-state index contributed by atoms with van der Waals surface area (Å²) in [5.41, 5.74) is 2.10. The van der Waals surface area contributed by atoms with Crippen LogP contribution in [0.3, 0.4) is 0 Å². The third-order valence-corrected chi connectivity index (χ3v) is 3.20. The first-order valence-electron chi connectivity index (χ1n) is 6.93. The molecule has 0 aliphatic heterocycles. The van der Waals surface area contributed by atoms with Crippen molar-refractivity contribution < 1.29 is 24.5 Å². The third-order valence-electron chi connectivity index (χ3n) is 3.20. The number of aromatic hydroxyl groups is 1. The van der Waals surface area contributed by atoms with Gasteiger partial charge in [0.1, 0.15) is 17.1 Å². The molecule has 0 heterocycles. The zero-order valence-corrected chi connectivity index (χ0v) is 12.8. The van der Waals surface area contributed by atoms with Crippen molar-refractivity contribution >= 4 is 17.6 Å². The maximum Gasteiger partial charge on any atom is 0.339 e. The van der Waals surface area contributed by atoms with Gasteiger partial charge in [0.25, 0.3) is 5.91 Å². The molecule has 0 aliphatic rings. The summed E-state index contributed by atoms with van der Waals surface area (Å²) in [5.74, 6) is -1.44. The Bertz CT molecular complexity index is 755. The number of carboxylic acids is 1. The van der Waals surface area contributed by atoms with Crippen LogP contribution in [0.25, 0.3) is 0 Å². The molecule has 0 aliphatic carbocycles. The van der Waals surface area contributed by atoms with Crippen LogP contribution >= 0.6 is 0 Å². The number of hydrogen-bond donors (Lipinski definition) is 3. The van der Waals surface area contributed by atoms with Crippen LogP contribution in [-0.2, 0) is 4.79 Å². The van der Waals surface area contributed by atoms with Crippen molar-refractivity contribution in [2.24, 2.45) is 0 Å². The smallest absolute Gasteiger partial charge is 0.339 e. The van der Waals surface area contributed by atoms with E-state index in [4.69, 9.17) is 9.84 Å². The molecule has 2 rings (SSSR count). The van der Waals surface area contributed by atoms with Crippen molar-refractivity contribution in [3.63, 3.8) is 0 Å². The minimum Gasteiger partial charge on any atom is -0.507 e. The molecule has 0 saturated heterocycles. The topological polar surface area (TPSA) is 95.9 Å². The zero-order valence-electron chi connectivity index (χ0n) is 12.8. The normalized spacial score (nSPS) is 10.2. The number of carboxylic acid groups (broad SMARTS) is 1. The van der Waals surface area contributed by atoms with Crippen molar-refractivity contribution in [1.82, 2.24) is 0 Å². The largest absolute Gasteiger partial charge is 0.507 e. The van der Waals surface area contributed by atoms with E-state index in [0.717, 1.165) is 11.1 Å². The van der Waals surface area contributed by atoms with Gasteiger partial charge in [-0.15, -0.1) is 0 Å². The highest BCUT2D eigenvalue weighted by Crippen LogP contribution is 2.22. The Morgan fingerprint density at radius 3 is 2.48 bits per heavy atom. The highest BCUT2D eigenvalue weighted by Gasteiger charge is 2.11. The van der Waals surface area contributed by atoms with Gasteiger partial charge in [0, 0.05) is 11.8 Å². The zero-order chi connectivity index (χ0) is 17.0. The first-order chi connectivity index (χ1) is 10.9. The highest BCUT2D eigenvalue weighted by atomic mass is 16.5. The molecule has 120 valence electrons. The van der Waals surface area contributed by atoms with Crippen molar-refractivity contribution in [2.75, 3.05) is 11.9 Å². The highest BCUT2D eigenvalue weighted by molar-refractivity contribution is 5.95. The van der Waals surface area contributed by atoms with E-state index in [2.05, 4.69) is 5.32 Å². The van der Waals surface area contributed by atoms with E-state index in [0.29, 0.717) is 11.4 Å². The molecular weight excluding hydrogens is 298 g/mol. The fraction of sp³-hybridized carbons (Fsp3) is 0.176. The van der Waals surface area contributed by atoms with Crippen molar-refractivity contribution in [3.05, 3.63) is 53.1 Å². The Labute approximate surface area is 133 Å². The van der Waals surface area contributed by atoms with Crippen LogP contribution in [0.1, 0.15) is 21.5 Å². The first kappa shape index (κ1) is 16.4. The SMILES string of the molecule is Cc1ccc(OCC(=O)Nc2ccc(C(=O)O)c(O)c2)c(C)c1. The lowest BCUT2D eigenvalue weighted by Gasteiger charge is -2.10. The summed E-state index contributed by atoms with van der Waals surface area (Å²) in [6.45, 7) is 3.67. The molecule has 0 bridgehead atoms. The molecular formula is C17H17NO5. The number of ether oxygens (including phenoxy) is 1. The number of benzene rings is 2. The molecule has 23 heavy (non-hydrogen) atoms. The summed E-state index contributed by atoms with van der Waals surface area (Å²) in [5, 5.41) is 20.9. The molecule has 6 heteroatoms. The van der Waals surface area contributed by atoms with E-state index in [1.165, 1.54) is 18.2 Å². The van der Waals surface area contributed by atoms with Gasteiger partial charge < -0.3 is 20.3 Å². The maximum absolute atomic E-state index is 11.9. The van der Waals surface area contributed by atoms with Gasteiger partial charge in [-0.2, -0.15) is 0 Å². The van der Waals surface area contributed by atoms with Crippen LogP contribution in [0, 0.1) is 13.8 Å². The lowest BCUT2D eigenvalue weighted by molar-refractivity contribution is -0.118. The average molecular weight is 315 g/mol. The van der Waals surface area contributed by atoms with Crippen LogP contribution in [0.5, 0.6) is 11.5 Å². The molecule has 0 spiro atoms. The summed E-state index contributed by atoms with van der Waals surface area (Å²) < 4.78 is 5.45. The summed E-state index contributed by atoms with van der Waals surface area (Å²) in [6, 6.07) is 9.44. The minimum absolute atomic E-state index is 0.189. The molecule has 2 aromatic rings. The van der Waals surface area contributed by atoms with Crippen LogP contribution in [0.4, 0.5) is 5.69 Å². The fourth-order valence-electron chi connectivity index (χ4n) is 2.09. The van der Waals surface area contributed by atoms with Crippen LogP contribution in [-0.4, -0.2) is 28.7 Å². The van der Waals surface area contributed by atoms with E-state index in [1.54, 1.807) is 6.07 Å². The van der Waals surface area contributed by atoms with Crippen molar-refractivity contribution in [2.45, 2.75) is 13.8 Å². The Kier molecular flexibility index (Phi) is 4.85. The average Bonchev–Trinajstić information content (AvgIpc) is 2.46. The van der Waals surface area contributed by atoms with E-state index in [1.807, 2.05) is 26.0 Å². The molecule has 1 amide bonds. The van der Waals surface area contributed by atoms with Gasteiger partial charge in [0.2, 0.25) is 0 Å². The number of anilines is 1. The number of amides is 1. The summed E-state index contributed by atoms with van der Waals surface area (Å²) in [6.07, 6.45) is 0. The lowest BCUT2D eigenvalue weighted by atomic mass is 10.1.